The van der Waals surface area contributed by atoms with Crippen molar-refractivity contribution < 1.29 is 23.9 Å². The van der Waals surface area contributed by atoms with Crippen LogP contribution in [0.2, 0.25) is 0 Å². The highest BCUT2D eigenvalue weighted by molar-refractivity contribution is 7.99. The molecule has 11 nitrogen and oxygen atoms in total. The number of carbonyl (C=O) groups is 3. The van der Waals surface area contributed by atoms with Crippen LogP contribution in [-0.2, 0) is 21.4 Å². The van der Waals surface area contributed by atoms with Gasteiger partial charge in [0.25, 0.3) is 5.91 Å². The number of likely N-dealkylation sites (N-methyl/N-ethyl adjacent to an activating group) is 1. The molecule has 4 aromatic rings. The smallest absolute Gasteiger partial charge is 0.329 e. The molecule has 3 heterocycles. The number of piperidine rings is 1. The predicted molar refractivity (Wildman–Crippen MR) is 178 cm³/mol. The van der Waals surface area contributed by atoms with Crippen molar-refractivity contribution in [3.63, 3.8) is 0 Å². The van der Waals surface area contributed by atoms with Crippen molar-refractivity contribution in [2.75, 3.05) is 42.4 Å². The van der Waals surface area contributed by atoms with Crippen molar-refractivity contribution in [3.05, 3.63) is 64.3 Å². The molecule has 1 atom stereocenters. The average Bonchev–Trinajstić information content (AvgIpc) is 3.58. The Morgan fingerprint density at radius 2 is 1.91 bits per heavy atom. The monoisotopic (exact) mass is 648 g/mol. The highest BCUT2D eigenvalue weighted by Gasteiger charge is 2.28. The molecule has 2 saturated heterocycles. The number of halogens is 1. The molecule has 0 saturated carbocycles. The first-order valence-electron chi connectivity index (χ1n) is 15.4. The number of anilines is 2. The zero-order chi connectivity index (χ0) is 32.7. The zero-order valence-electron chi connectivity index (χ0n) is 26.0. The highest BCUT2D eigenvalue weighted by atomic mass is 32.2. The Kier molecular flexibility index (Phi) is 8.80. The summed E-state index contributed by atoms with van der Waals surface area (Å²) in [5, 5.41) is 11.3. The number of fused-ring (bicyclic) bond motifs is 2. The number of aromatic nitrogens is 2. The lowest BCUT2D eigenvalue weighted by Gasteiger charge is -2.32. The minimum atomic E-state index is -0.636. The Labute approximate surface area is 269 Å². The van der Waals surface area contributed by atoms with Crippen molar-refractivity contribution in [3.8, 4) is 5.75 Å². The number of imidazole rings is 1. The molecule has 2 aliphatic heterocycles. The number of carbonyl (C=O) groups excluding carboxylic acids is 3. The number of benzene rings is 3. The van der Waals surface area contributed by atoms with Gasteiger partial charge in [0, 0.05) is 25.2 Å². The molecule has 2 aliphatic rings. The standard InChI is InChI=1S/C33H37FN6O5S/c1-4-5-24(19-41)40-26-9-6-21(15-27(26)37(3)33(40)45)20-10-12-38(13-11-20)18-30(44)36(2)23-7-8-25-22(14-23)16-28(42)32(31(25)34)39-17-29(43)35-46-39/h6-9,14-16,19-20,24,42H,4-5,10-13,17-18H2,1-3H3,(H,35,43). The van der Waals surface area contributed by atoms with E-state index < -0.39 is 11.9 Å². The summed E-state index contributed by atoms with van der Waals surface area (Å²) in [4.78, 5) is 53.3. The van der Waals surface area contributed by atoms with Gasteiger partial charge in [-0.15, -0.1) is 0 Å². The lowest BCUT2D eigenvalue weighted by molar-refractivity contribution is -0.120. The average molecular weight is 649 g/mol. The van der Waals surface area contributed by atoms with Crippen molar-refractivity contribution in [2.24, 2.45) is 7.05 Å². The Balaban J connectivity index is 1.11. The van der Waals surface area contributed by atoms with Crippen LogP contribution in [0.25, 0.3) is 21.8 Å². The molecule has 46 heavy (non-hydrogen) atoms. The molecule has 2 fully saturated rings. The quantitative estimate of drug-likeness (QED) is 0.205. The summed E-state index contributed by atoms with van der Waals surface area (Å²) in [5.41, 5.74) is 3.04. The number of aryl methyl sites for hydroxylation is 1. The third-order valence-corrected chi connectivity index (χ3v) is 10.0. The van der Waals surface area contributed by atoms with Gasteiger partial charge in [0.05, 0.1) is 35.8 Å². The van der Waals surface area contributed by atoms with Gasteiger partial charge in [-0.1, -0.05) is 19.4 Å². The van der Waals surface area contributed by atoms with Crippen molar-refractivity contribution in [1.29, 1.82) is 0 Å². The van der Waals surface area contributed by atoms with Crippen LogP contribution in [0.5, 0.6) is 5.75 Å². The van der Waals surface area contributed by atoms with E-state index in [4.69, 9.17) is 0 Å². The minimum Gasteiger partial charge on any atom is -0.506 e. The molecular weight excluding hydrogens is 611 g/mol. The fraction of sp³-hybridized carbons (Fsp3) is 0.394. The number of hydrogen-bond acceptors (Lipinski definition) is 8. The minimum absolute atomic E-state index is 0.0580. The summed E-state index contributed by atoms with van der Waals surface area (Å²) in [6.07, 6.45) is 3.98. The van der Waals surface area contributed by atoms with Gasteiger partial charge in [-0.05, 0) is 85.6 Å². The third kappa shape index (κ3) is 5.73. The second-order valence-corrected chi connectivity index (χ2v) is 12.9. The molecule has 1 aromatic heterocycles. The molecule has 1 unspecified atom stereocenters. The van der Waals surface area contributed by atoms with E-state index in [9.17, 15) is 24.3 Å². The van der Waals surface area contributed by atoms with Gasteiger partial charge in [0.15, 0.2) is 5.82 Å². The van der Waals surface area contributed by atoms with Crippen LogP contribution < -0.4 is 19.6 Å². The Hall–Kier alpha value is -4.36. The summed E-state index contributed by atoms with van der Waals surface area (Å²) in [5.74, 6) is -1.02. The second-order valence-electron chi connectivity index (χ2n) is 12.1. The van der Waals surface area contributed by atoms with Gasteiger partial charge in [-0.3, -0.25) is 32.7 Å². The Bertz CT molecular complexity index is 1900. The second kappa shape index (κ2) is 12.8. The van der Waals surface area contributed by atoms with Crippen LogP contribution in [0.4, 0.5) is 15.8 Å². The first-order chi connectivity index (χ1) is 22.1. The summed E-state index contributed by atoms with van der Waals surface area (Å²) >= 11 is 0.925. The SMILES string of the molecule is CCCC(C=O)n1c(=O)n(C)c2cc(C3CCN(CC(=O)N(C)c4ccc5c(F)c(N6CC(=O)NS6)c(O)cc5c4)CC3)ccc21. The number of phenols is 1. The molecule has 2 N–H and O–H groups in total. The van der Waals surface area contributed by atoms with Crippen LogP contribution in [-0.4, -0.2) is 70.5 Å². The van der Waals surface area contributed by atoms with E-state index in [-0.39, 0.29) is 53.3 Å². The topological polar surface area (TPSA) is 120 Å². The van der Waals surface area contributed by atoms with E-state index in [1.54, 1.807) is 41.4 Å². The predicted octanol–water partition coefficient (Wildman–Crippen LogP) is 4.22. The Morgan fingerprint density at radius 3 is 2.59 bits per heavy atom. The van der Waals surface area contributed by atoms with Gasteiger partial charge in [0.2, 0.25) is 5.91 Å². The van der Waals surface area contributed by atoms with Crippen LogP contribution in [0.1, 0.15) is 50.1 Å². The van der Waals surface area contributed by atoms with Gasteiger partial charge in [0.1, 0.15) is 24.3 Å². The lowest BCUT2D eigenvalue weighted by Crippen LogP contribution is -2.42. The fourth-order valence-electron chi connectivity index (χ4n) is 6.57. The molecule has 0 spiro atoms. The fourth-order valence-corrected chi connectivity index (χ4v) is 7.29. The van der Waals surface area contributed by atoms with Gasteiger partial charge < -0.3 is 14.8 Å². The maximum atomic E-state index is 15.4. The molecule has 2 amide bonds. The lowest BCUT2D eigenvalue weighted by atomic mass is 9.89. The number of likely N-dealkylation sites (tertiary alicyclic amines) is 1. The van der Waals surface area contributed by atoms with Crippen LogP contribution in [0, 0.1) is 5.82 Å². The summed E-state index contributed by atoms with van der Waals surface area (Å²) in [6, 6.07) is 11.9. The maximum Gasteiger partial charge on any atom is 0.329 e. The number of nitrogens with one attached hydrogen (secondary N) is 1. The molecule has 0 aliphatic carbocycles. The van der Waals surface area contributed by atoms with Crippen molar-refractivity contribution in [2.45, 2.75) is 44.6 Å². The number of amides is 2. The Morgan fingerprint density at radius 1 is 1.15 bits per heavy atom. The first kappa shape index (κ1) is 31.6. The molecule has 0 radical (unpaired) electrons. The molecule has 0 bridgehead atoms. The third-order valence-electron chi connectivity index (χ3n) is 9.19. The van der Waals surface area contributed by atoms with Crippen LogP contribution >= 0.6 is 12.1 Å². The largest absolute Gasteiger partial charge is 0.506 e. The van der Waals surface area contributed by atoms with E-state index >= 15 is 4.39 Å². The van der Waals surface area contributed by atoms with E-state index in [2.05, 4.69) is 21.8 Å². The highest BCUT2D eigenvalue weighted by Crippen LogP contribution is 2.40. The van der Waals surface area contributed by atoms with Crippen molar-refractivity contribution in [1.82, 2.24) is 18.8 Å². The van der Waals surface area contributed by atoms with Gasteiger partial charge in [-0.2, -0.15) is 0 Å². The zero-order valence-corrected chi connectivity index (χ0v) is 26.8. The number of phenolic OH excluding ortho intramolecular Hbond substituents is 1. The van der Waals surface area contributed by atoms with Crippen LogP contribution in [0.3, 0.4) is 0 Å². The van der Waals surface area contributed by atoms with E-state index in [1.165, 1.54) is 15.3 Å². The van der Waals surface area contributed by atoms with E-state index in [0.717, 1.165) is 67.4 Å². The van der Waals surface area contributed by atoms with Gasteiger partial charge in [-0.25, -0.2) is 9.18 Å². The van der Waals surface area contributed by atoms with Crippen molar-refractivity contribution >= 4 is 63.4 Å². The van der Waals surface area contributed by atoms with E-state index in [1.807, 2.05) is 13.0 Å². The van der Waals surface area contributed by atoms with Gasteiger partial charge >= 0.3 is 5.69 Å². The first-order valence-corrected chi connectivity index (χ1v) is 16.2. The maximum absolute atomic E-state index is 15.4. The molecule has 6 rings (SSSR count). The number of rotatable bonds is 9. The van der Waals surface area contributed by atoms with E-state index in [0.29, 0.717) is 17.5 Å². The molecule has 3 aromatic carbocycles. The number of aldehydes is 1. The molecular formula is C33H37FN6O5S. The molecule has 13 heteroatoms. The summed E-state index contributed by atoms with van der Waals surface area (Å²) in [6.45, 7) is 3.62. The summed E-state index contributed by atoms with van der Waals surface area (Å²) < 4.78 is 22.5. The summed E-state index contributed by atoms with van der Waals surface area (Å²) in [7, 11) is 3.42. The van der Waals surface area contributed by atoms with Crippen LogP contribution in [0.15, 0.2) is 47.3 Å². The normalized spacial score (nSPS) is 16.7. The number of hydrogen-bond donors (Lipinski definition) is 2. The molecule has 242 valence electrons. The number of nitrogens with zero attached hydrogens (tertiary/aromatic N) is 5. The number of aromatic hydroxyl groups is 1.